The van der Waals surface area contributed by atoms with Gasteiger partial charge in [0, 0.05) is 49.8 Å². The van der Waals surface area contributed by atoms with Gasteiger partial charge in [-0.2, -0.15) is 0 Å². The lowest BCUT2D eigenvalue weighted by molar-refractivity contribution is -0.120. The topological polar surface area (TPSA) is 47.1 Å². The number of nitrogens with zero attached hydrogens (tertiary/aromatic N) is 4. The van der Waals surface area contributed by atoms with E-state index in [9.17, 15) is 9.59 Å². The lowest BCUT2D eigenvalue weighted by Crippen LogP contribution is -2.44. The summed E-state index contributed by atoms with van der Waals surface area (Å²) in [5.74, 6) is 0.110. The first-order valence-electron chi connectivity index (χ1n) is 11.5. The second kappa shape index (κ2) is 8.71. The van der Waals surface area contributed by atoms with Crippen LogP contribution in [0, 0.1) is 5.92 Å². The molecule has 0 aliphatic carbocycles. The van der Waals surface area contributed by atoms with E-state index in [2.05, 4.69) is 28.7 Å². The van der Waals surface area contributed by atoms with Gasteiger partial charge in [-0.25, -0.2) is 4.90 Å². The van der Waals surface area contributed by atoms with E-state index in [0.717, 1.165) is 62.7 Å². The smallest absolute Gasteiger partial charge is 0.282 e. The molecule has 6 nitrogen and oxygen atoms in total. The quantitative estimate of drug-likeness (QED) is 0.667. The summed E-state index contributed by atoms with van der Waals surface area (Å²) in [7, 11) is 2.14. The van der Waals surface area contributed by atoms with Crippen molar-refractivity contribution in [1.29, 1.82) is 0 Å². The fourth-order valence-electron chi connectivity index (χ4n) is 4.96. The Hall–Kier alpha value is -2.64. The van der Waals surface area contributed by atoms with Crippen LogP contribution < -0.4 is 9.80 Å². The number of hydrogen-bond acceptors (Lipinski definition) is 6. The maximum atomic E-state index is 13.6. The molecule has 1 atom stereocenters. The molecular formula is C25H30N4O2S. The Bertz CT molecular complexity index is 1020. The Morgan fingerprint density at radius 2 is 1.59 bits per heavy atom. The molecular weight excluding hydrogens is 420 g/mol. The van der Waals surface area contributed by atoms with Gasteiger partial charge >= 0.3 is 0 Å². The van der Waals surface area contributed by atoms with Crippen molar-refractivity contribution in [2.75, 3.05) is 56.1 Å². The minimum absolute atomic E-state index is 0.195. The average molecular weight is 451 g/mol. The minimum atomic E-state index is -0.210. The van der Waals surface area contributed by atoms with Crippen molar-refractivity contribution in [3.05, 3.63) is 52.4 Å². The summed E-state index contributed by atoms with van der Waals surface area (Å²) < 4.78 is 0. The van der Waals surface area contributed by atoms with Gasteiger partial charge in [-0.1, -0.05) is 13.0 Å². The van der Waals surface area contributed by atoms with E-state index in [1.54, 1.807) is 0 Å². The number of piperidine rings is 1. The first-order valence-corrected chi connectivity index (χ1v) is 12.4. The number of carbonyl (C=O) groups is 2. The molecule has 1 aromatic carbocycles. The van der Waals surface area contributed by atoms with Crippen LogP contribution in [0.1, 0.15) is 24.6 Å². The fourth-order valence-corrected chi connectivity index (χ4v) is 5.72. The molecule has 3 aliphatic heterocycles. The van der Waals surface area contributed by atoms with Crippen LogP contribution in [-0.2, 0) is 9.59 Å². The van der Waals surface area contributed by atoms with Gasteiger partial charge in [-0.15, -0.1) is 11.3 Å². The van der Waals surface area contributed by atoms with E-state index < -0.39 is 0 Å². The maximum Gasteiger partial charge on any atom is 0.282 e. The normalized spacial score (nSPS) is 22.9. The number of likely N-dealkylation sites (N-methyl/N-ethyl adjacent to an activating group) is 1. The zero-order chi connectivity index (χ0) is 22.2. The lowest BCUT2D eigenvalue weighted by Gasteiger charge is -2.34. The van der Waals surface area contributed by atoms with E-state index in [-0.39, 0.29) is 11.8 Å². The highest BCUT2D eigenvalue weighted by atomic mass is 32.1. The van der Waals surface area contributed by atoms with Gasteiger partial charge in [0.2, 0.25) is 0 Å². The number of hydrogen-bond donors (Lipinski definition) is 0. The summed E-state index contributed by atoms with van der Waals surface area (Å²) in [6, 6.07) is 11.8. The summed E-state index contributed by atoms with van der Waals surface area (Å²) in [4.78, 5) is 36.3. The minimum Gasteiger partial charge on any atom is -0.369 e. The SMILES string of the molecule is CC1CCCN(C2=C(c3cccs3)C(=O)N(c3ccc(N4CCN(C)CC4)cc3)C2=O)C1. The van der Waals surface area contributed by atoms with E-state index in [0.29, 0.717) is 22.9 Å². The first kappa shape index (κ1) is 21.2. The Labute approximate surface area is 193 Å². The molecule has 168 valence electrons. The van der Waals surface area contributed by atoms with Crippen LogP contribution in [-0.4, -0.2) is 67.9 Å². The van der Waals surface area contributed by atoms with Crippen molar-refractivity contribution in [2.24, 2.45) is 5.92 Å². The van der Waals surface area contributed by atoms with Crippen molar-refractivity contribution in [3.8, 4) is 0 Å². The summed E-state index contributed by atoms with van der Waals surface area (Å²) in [5.41, 5.74) is 2.92. The highest BCUT2D eigenvalue weighted by molar-refractivity contribution is 7.11. The van der Waals surface area contributed by atoms with Crippen LogP contribution in [0.15, 0.2) is 47.5 Å². The van der Waals surface area contributed by atoms with E-state index >= 15 is 0 Å². The fraction of sp³-hybridized carbons (Fsp3) is 0.440. The standard InChI is InChI=1S/C25H30N4O2S/c1-18-5-3-11-28(17-18)23-22(21-6-4-16-32-21)24(30)29(25(23)31)20-9-7-19(8-10-20)27-14-12-26(2)13-15-27/h4,6-10,16,18H,3,5,11-15,17H2,1-2H3. The second-order valence-electron chi connectivity index (χ2n) is 9.15. The van der Waals surface area contributed by atoms with Crippen molar-refractivity contribution >= 4 is 40.1 Å². The molecule has 2 aromatic rings. The van der Waals surface area contributed by atoms with Gasteiger partial charge in [0.05, 0.1) is 11.3 Å². The monoisotopic (exact) mass is 450 g/mol. The molecule has 0 bridgehead atoms. The first-order chi connectivity index (χ1) is 15.5. The number of amides is 2. The highest BCUT2D eigenvalue weighted by Gasteiger charge is 2.43. The molecule has 4 heterocycles. The van der Waals surface area contributed by atoms with Crippen LogP contribution in [0.3, 0.4) is 0 Å². The van der Waals surface area contributed by atoms with Gasteiger partial charge in [0.1, 0.15) is 5.70 Å². The van der Waals surface area contributed by atoms with Crippen LogP contribution in [0.2, 0.25) is 0 Å². The largest absolute Gasteiger partial charge is 0.369 e. The van der Waals surface area contributed by atoms with E-state index in [1.165, 1.54) is 16.2 Å². The number of likely N-dealkylation sites (tertiary alicyclic amines) is 1. The summed E-state index contributed by atoms with van der Waals surface area (Å²) >= 11 is 1.52. The van der Waals surface area contributed by atoms with E-state index in [1.807, 2.05) is 41.8 Å². The van der Waals surface area contributed by atoms with Gasteiger partial charge in [0.25, 0.3) is 11.8 Å². The van der Waals surface area contributed by atoms with Crippen LogP contribution in [0.5, 0.6) is 0 Å². The molecule has 0 spiro atoms. The third-order valence-electron chi connectivity index (χ3n) is 6.78. The molecule has 1 aromatic heterocycles. The number of anilines is 2. The van der Waals surface area contributed by atoms with Crippen LogP contribution in [0.25, 0.3) is 5.57 Å². The Morgan fingerprint density at radius 1 is 0.875 bits per heavy atom. The molecule has 5 rings (SSSR count). The molecule has 2 amide bonds. The number of rotatable bonds is 4. The number of imide groups is 1. The van der Waals surface area contributed by atoms with Crippen LogP contribution >= 0.6 is 11.3 Å². The predicted octanol–water partition coefficient (Wildman–Crippen LogP) is 3.52. The van der Waals surface area contributed by atoms with Crippen molar-refractivity contribution in [2.45, 2.75) is 19.8 Å². The van der Waals surface area contributed by atoms with Crippen molar-refractivity contribution < 1.29 is 9.59 Å². The third-order valence-corrected chi connectivity index (χ3v) is 7.66. The summed E-state index contributed by atoms with van der Waals surface area (Å²) in [6.45, 7) is 7.90. The third kappa shape index (κ3) is 3.84. The molecule has 32 heavy (non-hydrogen) atoms. The Morgan fingerprint density at radius 3 is 2.25 bits per heavy atom. The van der Waals surface area contributed by atoms with Gasteiger partial charge in [0.15, 0.2) is 0 Å². The molecule has 0 saturated carbocycles. The maximum absolute atomic E-state index is 13.6. The van der Waals surface area contributed by atoms with Gasteiger partial charge in [-0.3, -0.25) is 9.59 Å². The van der Waals surface area contributed by atoms with Crippen molar-refractivity contribution in [1.82, 2.24) is 9.80 Å². The van der Waals surface area contributed by atoms with E-state index in [4.69, 9.17) is 0 Å². The number of piperazine rings is 1. The zero-order valence-electron chi connectivity index (χ0n) is 18.8. The second-order valence-corrected chi connectivity index (χ2v) is 10.1. The summed E-state index contributed by atoms with van der Waals surface area (Å²) in [6.07, 6.45) is 2.21. The van der Waals surface area contributed by atoms with Crippen LogP contribution in [0.4, 0.5) is 11.4 Å². The summed E-state index contributed by atoms with van der Waals surface area (Å²) in [5, 5.41) is 1.96. The van der Waals surface area contributed by atoms with Crippen molar-refractivity contribution in [3.63, 3.8) is 0 Å². The van der Waals surface area contributed by atoms with Gasteiger partial charge in [-0.05, 0) is 61.5 Å². The number of thiophene rings is 1. The number of benzene rings is 1. The molecule has 3 aliphatic rings. The zero-order valence-corrected chi connectivity index (χ0v) is 19.6. The predicted molar refractivity (Wildman–Crippen MR) is 130 cm³/mol. The molecule has 7 heteroatoms. The highest BCUT2D eigenvalue weighted by Crippen LogP contribution is 2.38. The number of carbonyl (C=O) groups excluding carboxylic acids is 2. The molecule has 1 unspecified atom stereocenters. The molecule has 2 saturated heterocycles. The lowest BCUT2D eigenvalue weighted by atomic mass is 9.99. The Balaban J connectivity index is 1.45. The molecule has 0 N–H and O–H groups in total. The Kier molecular flexibility index (Phi) is 5.78. The average Bonchev–Trinajstić information content (AvgIpc) is 3.40. The molecule has 2 fully saturated rings. The molecule has 0 radical (unpaired) electrons. The van der Waals surface area contributed by atoms with Gasteiger partial charge < -0.3 is 14.7 Å².